The summed E-state index contributed by atoms with van der Waals surface area (Å²) in [5.74, 6) is -0.185. The quantitative estimate of drug-likeness (QED) is 0.904. The lowest BCUT2D eigenvalue weighted by molar-refractivity contribution is -0.274. The molecular weight excluding hydrogens is 243 g/mol. The minimum absolute atomic E-state index is 0.0264. The molecule has 100 valence electrons. The Kier molecular flexibility index (Phi) is 2.85. The lowest BCUT2D eigenvalue weighted by Gasteiger charge is -2.20. The fraction of sp³-hybridized carbons (Fsp3) is 0.538. The Morgan fingerprint density at radius 1 is 1.33 bits per heavy atom. The molecule has 1 aliphatic carbocycles. The predicted molar refractivity (Wildman–Crippen MR) is 62.3 cm³/mol. The van der Waals surface area contributed by atoms with Crippen LogP contribution in [-0.4, -0.2) is 12.9 Å². The van der Waals surface area contributed by atoms with E-state index in [2.05, 4.69) is 18.6 Å². The minimum Gasteiger partial charge on any atom is -0.406 e. The van der Waals surface area contributed by atoms with Crippen molar-refractivity contribution in [3.63, 3.8) is 0 Å². The van der Waals surface area contributed by atoms with Crippen molar-refractivity contribution >= 4 is 0 Å². The number of rotatable bonds is 3. The van der Waals surface area contributed by atoms with Gasteiger partial charge in [0.25, 0.3) is 0 Å². The molecule has 18 heavy (non-hydrogen) atoms. The highest BCUT2D eigenvalue weighted by atomic mass is 19.4. The van der Waals surface area contributed by atoms with Gasteiger partial charge >= 0.3 is 6.36 Å². The van der Waals surface area contributed by atoms with Crippen molar-refractivity contribution in [2.75, 3.05) is 6.54 Å². The number of nitrogens with two attached hydrogens (primary N) is 1. The first-order valence-electron chi connectivity index (χ1n) is 5.77. The molecule has 1 aromatic carbocycles. The summed E-state index contributed by atoms with van der Waals surface area (Å²) in [6, 6.07) is 6.12. The molecule has 0 aromatic heterocycles. The maximum atomic E-state index is 12.2. The SMILES string of the molecule is CC1(C)CC1(CN)c1cccc(OC(F)(F)F)c1. The van der Waals surface area contributed by atoms with Crippen LogP contribution in [0.15, 0.2) is 24.3 Å². The van der Waals surface area contributed by atoms with Crippen molar-refractivity contribution in [2.24, 2.45) is 11.1 Å². The van der Waals surface area contributed by atoms with E-state index in [0.29, 0.717) is 6.54 Å². The molecule has 5 heteroatoms. The number of alkyl halides is 3. The van der Waals surface area contributed by atoms with Gasteiger partial charge in [0, 0.05) is 12.0 Å². The van der Waals surface area contributed by atoms with E-state index in [1.54, 1.807) is 6.07 Å². The molecule has 0 bridgehead atoms. The standard InChI is InChI=1S/C13H16F3NO/c1-11(2)7-12(11,8-17)9-4-3-5-10(6-9)18-13(14,15)16/h3-6H,7-8,17H2,1-2H3. The van der Waals surface area contributed by atoms with Gasteiger partial charge < -0.3 is 10.5 Å². The molecular formula is C13H16F3NO. The van der Waals surface area contributed by atoms with Crippen LogP contribution >= 0.6 is 0 Å². The molecule has 1 fully saturated rings. The van der Waals surface area contributed by atoms with Gasteiger partial charge in [-0.1, -0.05) is 26.0 Å². The smallest absolute Gasteiger partial charge is 0.406 e. The average Bonchev–Trinajstić information content (AvgIpc) is 2.80. The van der Waals surface area contributed by atoms with E-state index in [-0.39, 0.29) is 16.6 Å². The van der Waals surface area contributed by atoms with Gasteiger partial charge in [-0.05, 0) is 29.5 Å². The zero-order valence-electron chi connectivity index (χ0n) is 10.3. The van der Waals surface area contributed by atoms with Gasteiger partial charge in [0.2, 0.25) is 0 Å². The number of benzene rings is 1. The van der Waals surface area contributed by atoms with Gasteiger partial charge in [-0.3, -0.25) is 0 Å². The molecule has 0 heterocycles. The Bertz CT molecular complexity index is 456. The van der Waals surface area contributed by atoms with E-state index in [0.717, 1.165) is 12.0 Å². The molecule has 0 radical (unpaired) electrons. The summed E-state index contributed by atoms with van der Waals surface area (Å²) in [4.78, 5) is 0. The van der Waals surface area contributed by atoms with E-state index in [1.807, 2.05) is 6.07 Å². The Hall–Kier alpha value is -1.23. The number of halogens is 3. The van der Waals surface area contributed by atoms with Crippen LogP contribution in [0.3, 0.4) is 0 Å². The highest BCUT2D eigenvalue weighted by Gasteiger charge is 2.61. The summed E-state index contributed by atoms with van der Waals surface area (Å²) in [7, 11) is 0. The van der Waals surface area contributed by atoms with Gasteiger partial charge in [-0.2, -0.15) is 0 Å². The van der Waals surface area contributed by atoms with Crippen LogP contribution in [0, 0.1) is 5.41 Å². The summed E-state index contributed by atoms with van der Waals surface area (Å²) >= 11 is 0. The summed E-state index contributed by atoms with van der Waals surface area (Å²) in [6.45, 7) is 4.56. The molecule has 0 aliphatic heterocycles. The first kappa shape index (κ1) is 13.2. The largest absolute Gasteiger partial charge is 0.573 e. The molecule has 2 N–H and O–H groups in total. The van der Waals surface area contributed by atoms with E-state index in [4.69, 9.17) is 5.73 Å². The van der Waals surface area contributed by atoms with Crippen LogP contribution < -0.4 is 10.5 Å². The second-order valence-corrected chi connectivity index (χ2v) is 5.42. The van der Waals surface area contributed by atoms with Crippen molar-refractivity contribution < 1.29 is 17.9 Å². The van der Waals surface area contributed by atoms with E-state index in [1.165, 1.54) is 12.1 Å². The Labute approximate surface area is 104 Å². The fourth-order valence-corrected chi connectivity index (χ4v) is 2.66. The van der Waals surface area contributed by atoms with Gasteiger partial charge in [0.15, 0.2) is 0 Å². The molecule has 1 atom stereocenters. The topological polar surface area (TPSA) is 35.2 Å². The maximum absolute atomic E-state index is 12.2. The van der Waals surface area contributed by atoms with E-state index >= 15 is 0 Å². The zero-order valence-corrected chi connectivity index (χ0v) is 10.3. The van der Waals surface area contributed by atoms with Crippen molar-refractivity contribution in [1.29, 1.82) is 0 Å². The molecule has 0 amide bonds. The highest BCUT2D eigenvalue weighted by Crippen LogP contribution is 2.63. The van der Waals surface area contributed by atoms with Crippen LogP contribution in [0.25, 0.3) is 0 Å². The third kappa shape index (κ3) is 2.19. The molecule has 0 saturated heterocycles. The lowest BCUT2D eigenvalue weighted by atomic mass is 9.88. The van der Waals surface area contributed by atoms with Gasteiger partial charge in [-0.15, -0.1) is 13.2 Å². The van der Waals surface area contributed by atoms with Crippen LogP contribution in [0.5, 0.6) is 5.75 Å². The number of hydrogen-bond acceptors (Lipinski definition) is 2. The zero-order chi connectivity index (χ0) is 13.6. The molecule has 1 aliphatic rings. The van der Waals surface area contributed by atoms with Crippen LogP contribution in [-0.2, 0) is 5.41 Å². The Morgan fingerprint density at radius 3 is 2.39 bits per heavy atom. The van der Waals surface area contributed by atoms with Gasteiger partial charge in [-0.25, -0.2) is 0 Å². The Balaban J connectivity index is 2.29. The first-order chi connectivity index (χ1) is 8.20. The maximum Gasteiger partial charge on any atom is 0.573 e. The van der Waals surface area contributed by atoms with Crippen molar-refractivity contribution in [3.8, 4) is 5.75 Å². The molecule has 1 unspecified atom stereocenters. The number of hydrogen-bond donors (Lipinski definition) is 1. The molecule has 2 rings (SSSR count). The van der Waals surface area contributed by atoms with E-state index < -0.39 is 6.36 Å². The van der Waals surface area contributed by atoms with Gasteiger partial charge in [0.1, 0.15) is 5.75 Å². The second-order valence-electron chi connectivity index (χ2n) is 5.42. The third-order valence-electron chi connectivity index (χ3n) is 3.88. The third-order valence-corrected chi connectivity index (χ3v) is 3.88. The molecule has 0 spiro atoms. The summed E-state index contributed by atoms with van der Waals surface area (Å²) in [5, 5.41) is 0. The Morgan fingerprint density at radius 2 is 1.94 bits per heavy atom. The first-order valence-corrected chi connectivity index (χ1v) is 5.77. The number of ether oxygens (including phenoxy) is 1. The van der Waals surface area contributed by atoms with Gasteiger partial charge in [0.05, 0.1) is 0 Å². The second kappa shape index (κ2) is 3.88. The van der Waals surface area contributed by atoms with Crippen LogP contribution in [0.4, 0.5) is 13.2 Å². The minimum atomic E-state index is -4.66. The lowest BCUT2D eigenvalue weighted by Crippen LogP contribution is -2.25. The molecule has 1 saturated carbocycles. The van der Waals surface area contributed by atoms with Crippen LogP contribution in [0.1, 0.15) is 25.8 Å². The summed E-state index contributed by atoms with van der Waals surface area (Å²) < 4.78 is 40.5. The fourth-order valence-electron chi connectivity index (χ4n) is 2.66. The normalized spacial score (nSPS) is 25.9. The molecule has 2 nitrogen and oxygen atoms in total. The van der Waals surface area contributed by atoms with Crippen molar-refractivity contribution in [2.45, 2.75) is 32.0 Å². The van der Waals surface area contributed by atoms with E-state index in [9.17, 15) is 13.2 Å². The van der Waals surface area contributed by atoms with Crippen LogP contribution in [0.2, 0.25) is 0 Å². The van der Waals surface area contributed by atoms with Crippen molar-refractivity contribution in [1.82, 2.24) is 0 Å². The monoisotopic (exact) mass is 259 g/mol. The predicted octanol–water partition coefficient (Wildman–Crippen LogP) is 3.21. The summed E-state index contributed by atoms with van der Waals surface area (Å²) in [6.07, 6.45) is -3.78. The average molecular weight is 259 g/mol. The summed E-state index contributed by atoms with van der Waals surface area (Å²) in [5.41, 5.74) is 6.41. The van der Waals surface area contributed by atoms with Crippen molar-refractivity contribution in [3.05, 3.63) is 29.8 Å². The molecule has 1 aromatic rings. The highest BCUT2D eigenvalue weighted by molar-refractivity contribution is 5.41.